The Morgan fingerprint density at radius 2 is 1.85 bits per heavy atom. The second-order valence-electron chi connectivity index (χ2n) is 3.18. The zero-order valence-corrected chi connectivity index (χ0v) is 8.04. The van der Waals surface area contributed by atoms with Crippen molar-refractivity contribution in [3.05, 3.63) is 0 Å². The van der Waals surface area contributed by atoms with E-state index in [4.69, 9.17) is 5.11 Å². The van der Waals surface area contributed by atoms with Crippen LogP contribution in [0.5, 0.6) is 0 Å². The second kappa shape index (κ2) is 4.97. The van der Waals surface area contributed by atoms with Gasteiger partial charge in [-0.1, -0.05) is 19.8 Å². The Kier molecular flexibility index (Phi) is 4.62. The molecule has 0 aliphatic rings. The van der Waals surface area contributed by atoms with Gasteiger partial charge in [-0.25, -0.2) is 4.79 Å². The summed E-state index contributed by atoms with van der Waals surface area (Å²) in [6.07, 6.45) is 2.31. The van der Waals surface area contributed by atoms with E-state index in [9.17, 15) is 14.7 Å². The molecule has 0 radical (unpaired) electrons. The minimum atomic E-state index is -2.17. The van der Waals surface area contributed by atoms with E-state index >= 15 is 0 Å². The van der Waals surface area contributed by atoms with Crippen LogP contribution in [0.1, 0.15) is 39.5 Å². The zero-order chi connectivity index (χ0) is 10.5. The number of ketones is 1. The van der Waals surface area contributed by atoms with Crippen LogP contribution in [0.25, 0.3) is 0 Å². The first-order valence-corrected chi connectivity index (χ1v) is 4.42. The first-order valence-electron chi connectivity index (χ1n) is 4.42. The van der Waals surface area contributed by atoms with Crippen LogP contribution in [0.15, 0.2) is 0 Å². The van der Waals surface area contributed by atoms with E-state index in [1.54, 1.807) is 0 Å². The van der Waals surface area contributed by atoms with Gasteiger partial charge in [0.15, 0.2) is 5.78 Å². The minimum absolute atomic E-state index is 0.00546. The number of aliphatic carboxylic acids is 1. The van der Waals surface area contributed by atoms with Gasteiger partial charge >= 0.3 is 5.97 Å². The first-order chi connectivity index (χ1) is 5.95. The summed E-state index contributed by atoms with van der Waals surface area (Å²) < 4.78 is 0. The quantitative estimate of drug-likeness (QED) is 0.481. The number of aliphatic hydroxyl groups is 1. The molecule has 0 saturated carbocycles. The van der Waals surface area contributed by atoms with Crippen molar-refractivity contribution in [3.8, 4) is 0 Å². The molecule has 0 rings (SSSR count). The highest BCUT2D eigenvalue weighted by Gasteiger charge is 2.40. The SMILES string of the molecule is CCCCCC(O)(C(C)=O)C(=O)O. The molecule has 4 nitrogen and oxygen atoms in total. The molecule has 4 heteroatoms. The smallest absolute Gasteiger partial charge is 0.343 e. The van der Waals surface area contributed by atoms with Crippen LogP contribution >= 0.6 is 0 Å². The number of rotatable bonds is 6. The molecule has 1 atom stereocenters. The van der Waals surface area contributed by atoms with Gasteiger partial charge in [-0.05, 0) is 19.8 Å². The molecule has 0 aromatic carbocycles. The van der Waals surface area contributed by atoms with Gasteiger partial charge in [-0.2, -0.15) is 0 Å². The topological polar surface area (TPSA) is 74.6 Å². The Morgan fingerprint density at radius 3 is 2.15 bits per heavy atom. The standard InChI is InChI=1S/C9H16O4/c1-3-4-5-6-9(13,7(2)10)8(11)12/h13H,3-6H2,1-2H3,(H,11,12). The van der Waals surface area contributed by atoms with Crippen LogP contribution in [-0.2, 0) is 9.59 Å². The zero-order valence-electron chi connectivity index (χ0n) is 8.04. The predicted molar refractivity (Wildman–Crippen MR) is 47.4 cm³/mol. The van der Waals surface area contributed by atoms with Gasteiger partial charge in [-0.15, -0.1) is 0 Å². The molecule has 0 aliphatic carbocycles. The fourth-order valence-corrected chi connectivity index (χ4v) is 1.06. The average Bonchev–Trinajstić information content (AvgIpc) is 2.03. The van der Waals surface area contributed by atoms with Gasteiger partial charge in [0, 0.05) is 0 Å². The van der Waals surface area contributed by atoms with Crippen molar-refractivity contribution in [1.29, 1.82) is 0 Å². The molecule has 0 aromatic rings. The highest BCUT2D eigenvalue weighted by Crippen LogP contribution is 2.16. The van der Waals surface area contributed by atoms with Crippen LogP contribution in [0.3, 0.4) is 0 Å². The minimum Gasteiger partial charge on any atom is -0.479 e. The number of unbranched alkanes of at least 4 members (excludes halogenated alkanes) is 2. The molecule has 0 amide bonds. The Hall–Kier alpha value is -0.900. The van der Waals surface area contributed by atoms with Crippen molar-refractivity contribution in [2.75, 3.05) is 0 Å². The monoisotopic (exact) mass is 188 g/mol. The molecule has 0 spiro atoms. The van der Waals surface area contributed by atoms with Gasteiger partial charge in [0.05, 0.1) is 0 Å². The lowest BCUT2D eigenvalue weighted by Crippen LogP contribution is -2.45. The van der Waals surface area contributed by atoms with Crippen LogP contribution in [0, 0.1) is 0 Å². The number of carboxylic acid groups (broad SMARTS) is 1. The molecule has 0 heterocycles. The highest BCUT2D eigenvalue weighted by molar-refractivity contribution is 6.04. The van der Waals surface area contributed by atoms with Gasteiger partial charge in [-0.3, -0.25) is 4.79 Å². The van der Waals surface area contributed by atoms with Gasteiger partial charge < -0.3 is 10.2 Å². The van der Waals surface area contributed by atoms with E-state index in [0.29, 0.717) is 6.42 Å². The molecule has 0 aromatic heterocycles. The summed E-state index contributed by atoms with van der Waals surface area (Å²) in [4.78, 5) is 21.5. The molecule has 76 valence electrons. The number of carbonyl (C=O) groups excluding carboxylic acids is 1. The van der Waals surface area contributed by atoms with Gasteiger partial charge in [0.1, 0.15) is 0 Å². The van der Waals surface area contributed by atoms with Crippen molar-refractivity contribution >= 4 is 11.8 Å². The molecule has 0 bridgehead atoms. The predicted octanol–water partition coefficient (Wildman–Crippen LogP) is 0.971. The summed E-state index contributed by atoms with van der Waals surface area (Å²) in [6.45, 7) is 3.06. The van der Waals surface area contributed by atoms with Crippen molar-refractivity contribution in [2.45, 2.75) is 45.1 Å². The number of hydrogen-bond acceptors (Lipinski definition) is 3. The van der Waals surface area contributed by atoms with Crippen LogP contribution in [0.4, 0.5) is 0 Å². The number of hydrogen-bond donors (Lipinski definition) is 2. The second-order valence-corrected chi connectivity index (χ2v) is 3.18. The fourth-order valence-electron chi connectivity index (χ4n) is 1.06. The Labute approximate surface area is 77.6 Å². The third kappa shape index (κ3) is 3.14. The maximum absolute atomic E-state index is 10.9. The van der Waals surface area contributed by atoms with E-state index in [2.05, 4.69) is 0 Å². The maximum Gasteiger partial charge on any atom is 0.343 e. The Balaban J connectivity index is 4.26. The normalized spacial score (nSPS) is 15.0. The lowest BCUT2D eigenvalue weighted by molar-refractivity contribution is -0.165. The highest BCUT2D eigenvalue weighted by atomic mass is 16.4. The van der Waals surface area contributed by atoms with E-state index in [0.717, 1.165) is 19.8 Å². The summed E-state index contributed by atoms with van der Waals surface area (Å²) >= 11 is 0. The van der Waals surface area contributed by atoms with Gasteiger partial charge in [0.25, 0.3) is 0 Å². The lowest BCUT2D eigenvalue weighted by atomic mass is 9.92. The summed E-state index contributed by atoms with van der Waals surface area (Å²) in [5.74, 6) is -2.15. The molecule has 2 N–H and O–H groups in total. The molecule has 0 aliphatic heterocycles. The van der Waals surface area contributed by atoms with E-state index < -0.39 is 17.4 Å². The maximum atomic E-state index is 10.9. The van der Waals surface area contributed by atoms with E-state index in [-0.39, 0.29) is 6.42 Å². The van der Waals surface area contributed by atoms with Crippen LogP contribution < -0.4 is 0 Å². The van der Waals surface area contributed by atoms with Crippen molar-refractivity contribution in [3.63, 3.8) is 0 Å². The third-order valence-electron chi connectivity index (χ3n) is 2.08. The molecular weight excluding hydrogens is 172 g/mol. The Morgan fingerprint density at radius 1 is 1.31 bits per heavy atom. The summed E-state index contributed by atoms with van der Waals surface area (Å²) in [5, 5.41) is 18.1. The Bertz CT molecular complexity index is 184. The number of Topliss-reactive ketones (excluding diaryl/α,β-unsaturated/α-hetero) is 1. The molecule has 13 heavy (non-hydrogen) atoms. The number of carboxylic acids is 1. The van der Waals surface area contributed by atoms with Gasteiger partial charge in [0.2, 0.25) is 5.60 Å². The lowest BCUT2D eigenvalue weighted by Gasteiger charge is -2.19. The van der Waals surface area contributed by atoms with E-state index in [1.165, 1.54) is 0 Å². The van der Waals surface area contributed by atoms with Crippen LogP contribution in [-0.4, -0.2) is 27.6 Å². The van der Waals surface area contributed by atoms with Crippen molar-refractivity contribution in [1.82, 2.24) is 0 Å². The molecule has 1 unspecified atom stereocenters. The average molecular weight is 188 g/mol. The molecule has 0 fully saturated rings. The third-order valence-corrected chi connectivity index (χ3v) is 2.08. The first kappa shape index (κ1) is 12.1. The van der Waals surface area contributed by atoms with Crippen LogP contribution in [0.2, 0.25) is 0 Å². The molecular formula is C9H16O4. The number of carbonyl (C=O) groups is 2. The van der Waals surface area contributed by atoms with Crippen molar-refractivity contribution < 1.29 is 19.8 Å². The summed E-state index contributed by atoms with van der Waals surface area (Å²) in [7, 11) is 0. The largest absolute Gasteiger partial charge is 0.479 e. The fraction of sp³-hybridized carbons (Fsp3) is 0.778. The summed E-state index contributed by atoms with van der Waals surface area (Å²) in [5.41, 5.74) is -2.17. The van der Waals surface area contributed by atoms with Crippen molar-refractivity contribution in [2.24, 2.45) is 0 Å². The molecule has 0 saturated heterocycles. The van der Waals surface area contributed by atoms with E-state index in [1.807, 2.05) is 6.92 Å². The summed E-state index contributed by atoms with van der Waals surface area (Å²) in [6, 6.07) is 0.